The molecule has 1 N–H and O–H groups in total. The van der Waals surface area contributed by atoms with Gasteiger partial charge < -0.3 is 10.2 Å². The highest BCUT2D eigenvalue weighted by Crippen LogP contribution is 2.29. The van der Waals surface area contributed by atoms with Crippen LogP contribution in [-0.2, 0) is 30.6 Å². The lowest BCUT2D eigenvalue weighted by Crippen LogP contribution is -2.30. The highest BCUT2D eigenvalue weighted by molar-refractivity contribution is 8.00. The number of hydrogen-bond acceptors (Lipinski definition) is 5. The summed E-state index contributed by atoms with van der Waals surface area (Å²) in [5.41, 5.74) is 4.14. The number of aromatic nitrogens is 2. The molecule has 0 aliphatic heterocycles. The number of aryl methyl sites for hydroxylation is 1. The first-order chi connectivity index (χ1) is 15.0. The van der Waals surface area contributed by atoms with Gasteiger partial charge in [0, 0.05) is 23.5 Å². The minimum atomic E-state index is -0.182. The molecule has 0 spiro atoms. The van der Waals surface area contributed by atoms with E-state index in [1.807, 2.05) is 28.8 Å². The molecule has 0 bridgehead atoms. The molecule has 2 aromatic rings. The SMILES string of the molecule is CCc1ccc(NC(=O)CSc2nc(=O)n(CCCN(CC)CC)c3c2CCC3)cc1. The number of anilines is 1. The molecular weight excluding hydrogens is 408 g/mol. The second-order valence-corrected chi connectivity index (χ2v) is 8.86. The van der Waals surface area contributed by atoms with E-state index in [9.17, 15) is 9.59 Å². The lowest BCUT2D eigenvalue weighted by molar-refractivity contribution is -0.113. The first-order valence-electron chi connectivity index (χ1n) is 11.4. The van der Waals surface area contributed by atoms with Crippen molar-refractivity contribution in [1.82, 2.24) is 14.5 Å². The van der Waals surface area contributed by atoms with Crippen molar-refractivity contribution >= 4 is 23.4 Å². The fraction of sp³-hybridized carbons (Fsp3) is 0.542. The summed E-state index contributed by atoms with van der Waals surface area (Å²) in [5.74, 6) is 0.173. The van der Waals surface area contributed by atoms with Gasteiger partial charge in [-0.05, 0) is 69.4 Å². The average Bonchev–Trinajstić information content (AvgIpc) is 3.27. The van der Waals surface area contributed by atoms with E-state index in [1.165, 1.54) is 17.3 Å². The molecule has 1 aliphatic rings. The zero-order valence-corrected chi connectivity index (χ0v) is 19.8. The lowest BCUT2D eigenvalue weighted by atomic mass is 10.1. The molecule has 31 heavy (non-hydrogen) atoms. The number of hydrogen-bond donors (Lipinski definition) is 1. The molecule has 0 fully saturated rings. The molecule has 0 saturated heterocycles. The van der Waals surface area contributed by atoms with E-state index in [0.29, 0.717) is 6.54 Å². The number of rotatable bonds is 11. The van der Waals surface area contributed by atoms with Crippen molar-refractivity contribution in [3.63, 3.8) is 0 Å². The van der Waals surface area contributed by atoms with Gasteiger partial charge in [0.25, 0.3) is 0 Å². The van der Waals surface area contributed by atoms with Crippen molar-refractivity contribution in [3.8, 4) is 0 Å². The summed E-state index contributed by atoms with van der Waals surface area (Å²) < 4.78 is 1.87. The number of thioether (sulfide) groups is 1. The first-order valence-corrected chi connectivity index (χ1v) is 12.4. The van der Waals surface area contributed by atoms with Gasteiger partial charge in [-0.2, -0.15) is 4.98 Å². The maximum absolute atomic E-state index is 12.7. The minimum absolute atomic E-state index is 0.0776. The average molecular weight is 443 g/mol. The minimum Gasteiger partial charge on any atom is -0.325 e. The molecule has 0 saturated carbocycles. The normalized spacial score (nSPS) is 12.9. The van der Waals surface area contributed by atoms with E-state index in [4.69, 9.17) is 0 Å². The van der Waals surface area contributed by atoms with Crippen molar-refractivity contribution in [3.05, 3.63) is 51.6 Å². The predicted molar refractivity (Wildman–Crippen MR) is 128 cm³/mol. The van der Waals surface area contributed by atoms with Crippen molar-refractivity contribution in [2.45, 2.75) is 64.4 Å². The molecule has 1 aliphatic carbocycles. The maximum atomic E-state index is 12.7. The van der Waals surface area contributed by atoms with Crippen molar-refractivity contribution in [1.29, 1.82) is 0 Å². The van der Waals surface area contributed by atoms with E-state index >= 15 is 0 Å². The van der Waals surface area contributed by atoms with Gasteiger partial charge in [-0.15, -0.1) is 0 Å². The Labute approximate surface area is 189 Å². The van der Waals surface area contributed by atoms with Gasteiger partial charge in [0.05, 0.1) is 5.75 Å². The summed E-state index contributed by atoms with van der Waals surface area (Å²) >= 11 is 1.37. The van der Waals surface area contributed by atoms with E-state index in [-0.39, 0.29) is 17.3 Å². The van der Waals surface area contributed by atoms with Gasteiger partial charge in [0.2, 0.25) is 5.91 Å². The van der Waals surface area contributed by atoms with Gasteiger partial charge in [-0.1, -0.05) is 44.7 Å². The van der Waals surface area contributed by atoms with Gasteiger partial charge in [-0.3, -0.25) is 9.36 Å². The largest absolute Gasteiger partial charge is 0.348 e. The Morgan fingerprint density at radius 2 is 1.90 bits per heavy atom. The van der Waals surface area contributed by atoms with E-state index in [0.717, 1.165) is 73.7 Å². The molecule has 168 valence electrons. The molecule has 7 heteroatoms. The zero-order chi connectivity index (χ0) is 22.2. The van der Waals surface area contributed by atoms with E-state index in [1.54, 1.807) is 0 Å². The third kappa shape index (κ3) is 6.20. The van der Waals surface area contributed by atoms with E-state index in [2.05, 4.69) is 36.0 Å². The summed E-state index contributed by atoms with van der Waals surface area (Å²) in [6, 6.07) is 7.90. The van der Waals surface area contributed by atoms with Crippen LogP contribution < -0.4 is 11.0 Å². The van der Waals surface area contributed by atoms with Gasteiger partial charge in [0.1, 0.15) is 5.03 Å². The molecule has 1 heterocycles. The Bertz CT molecular complexity index is 936. The van der Waals surface area contributed by atoms with Crippen LogP contribution in [0.5, 0.6) is 0 Å². The molecule has 3 rings (SSSR count). The molecule has 1 aromatic heterocycles. The number of amides is 1. The highest BCUT2D eigenvalue weighted by Gasteiger charge is 2.22. The van der Waals surface area contributed by atoms with Crippen LogP contribution in [0.1, 0.15) is 50.4 Å². The third-order valence-electron chi connectivity index (χ3n) is 5.94. The van der Waals surface area contributed by atoms with Crippen LogP contribution in [-0.4, -0.2) is 45.7 Å². The Morgan fingerprint density at radius 3 is 2.58 bits per heavy atom. The molecule has 1 aromatic carbocycles. The molecule has 1 amide bonds. The zero-order valence-electron chi connectivity index (χ0n) is 18.9. The Morgan fingerprint density at radius 1 is 1.16 bits per heavy atom. The predicted octanol–water partition coefficient (Wildman–Crippen LogP) is 3.76. The number of carbonyl (C=O) groups excluding carboxylic acids is 1. The summed E-state index contributed by atoms with van der Waals surface area (Å²) in [4.78, 5) is 31.9. The van der Waals surface area contributed by atoms with Gasteiger partial charge in [-0.25, -0.2) is 4.79 Å². The van der Waals surface area contributed by atoms with Crippen LogP contribution in [0.15, 0.2) is 34.1 Å². The van der Waals surface area contributed by atoms with Crippen molar-refractivity contribution in [2.75, 3.05) is 30.7 Å². The second kappa shape index (κ2) is 11.5. The van der Waals surface area contributed by atoms with Crippen LogP contribution in [0.3, 0.4) is 0 Å². The van der Waals surface area contributed by atoms with Gasteiger partial charge in [0.15, 0.2) is 0 Å². The standard InChI is InChI=1S/C24H34N4O2S/c1-4-18-11-13-19(14-12-18)25-22(29)17-31-23-20-9-7-10-21(20)28(24(30)26-23)16-8-15-27(5-2)6-3/h11-14H,4-10,15-17H2,1-3H3,(H,25,29). The van der Waals surface area contributed by atoms with Crippen LogP contribution in [0.2, 0.25) is 0 Å². The topological polar surface area (TPSA) is 67.2 Å². The number of nitrogens with one attached hydrogen (secondary N) is 1. The van der Waals surface area contributed by atoms with Crippen molar-refractivity contribution < 1.29 is 4.79 Å². The fourth-order valence-electron chi connectivity index (χ4n) is 4.08. The van der Waals surface area contributed by atoms with Crippen LogP contribution in [0.4, 0.5) is 5.69 Å². The lowest BCUT2D eigenvalue weighted by Gasteiger charge is -2.19. The molecule has 6 nitrogen and oxygen atoms in total. The quantitative estimate of drug-likeness (QED) is 0.424. The molecule has 0 radical (unpaired) electrons. The smallest absolute Gasteiger partial charge is 0.325 e. The van der Waals surface area contributed by atoms with E-state index < -0.39 is 0 Å². The van der Waals surface area contributed by atoms with Crippen LogP contribution in [0, 0.1) is 0 Å². The monoisotopic (exact) mass is 442 g/mol. The van der Waals surface area contributed by atoms with Crippen molar-refractivity contribution in [2.24, 2.45) is 0 Å². The molecule has 0 atom stereocenters. The first kappa shape index (κ1) is 23.5. The summed E-state index contributed by atoms with van der Waals surface area (Å²) in [7, 11) is 0. The maximum Gasteiger partial charge on any atom is 0.348 e. The Hall–Kier alpha value is -2.12. The fourth-order valence-corrected chi connectivity index (χ4v) is 4.96. The summed E-state index contributed by atoms with van der Waals surface area (Å²) in [6.45, 7) is 10.2. The van der Waals surface area contributed by atoms with Crippen LogP contribution in [0.25, 0.3) is 0 Å². The number of benzene rings is 1. The number of fused-ring (bicyclic) bond motifs is 1. The summed E-state index contributed by atoms with van der Waals surface area (Å²) in [6.07, 6.45) is 4.81. The van der Waals surface area contributed by atoms with Gasteiger partial charge >= 0.3 is 5.69 Å². The summed E-state index contributed by atoms with van der Waals surface area (Å²) in [5, 5.41) is 3.66. The Kier molecular flexibility index (Phi) is 8.72. The number of carbonyl (C=O) groups is 1. The second-order valence-electron chi connectivity index (χ2n) is 7.90. The van der Waals surface area contributed by atoms with Crippen LogP contribution >= 0.6 is 11.8 Å². The Balaban J connectivity index is 1.62. The third-order valence-corrected chi connectivity index (χ3v) is 6.95. The molecule has 0 unspecified atom stereocenters. The molecular formula is C24H34N4O2S. The highest BCUT2D eigenvalue weighted by atomic mass is 32.2. The number of nitrogens with zero attached hydrogens (tertiary/aromatic N) is 3.